The van der Waals surface area contributed by atoms with E-state index in [1.807, 2.05) is 0 Å². The Morgan fingerprint density at radius 1 is 0.625 bits per heavy atom. The van der Waals surface area contributed by atoms with Crippen LogP contribution in [0.5, 0.6) is 23.0 Å². The summed E-state index contributed by atoms with van der Waals surface area (Å²) in [7, 11) is 0. The molecule has 8 N–H and O–H groups in total. The second-order valence-corrected chi connectivity index (χ2v) is 8.41. The molecule has 0 aliphatic carbocycles. The van der Waals surface area contributed by atoms with Gasteiger partial charge in [-0.3, -0.25) is 9.59 Å². The minimum absolute atomic E-state index is 0. The SMILES string of the molecule is Cl.Cl.[2H]C([2H])(NCCCNC(=O)CCc1ccc(O)c(O)c1)C([2H])([2H])C([2H])([2H])C([2H])([2H])NCCCNC(=O)CCc1ccc(O)c(O)c1. The molecule has 0 heterocycles. The molecule has 0 bridgehead atoms. The molecule has 0 atom stereocenters. The van der Waals surface area contributed by atoms with Gasteiger partial charge in [-0.15, -0.1) is 24.8 Å². The van der Waals surface area contributed by atoms with Crippen molar-refractivity contribution in [3.05, 3.63) is 47.5 Å². The summed E-state index contributed by atoms with van der Waals surface area (Å²) in [5, 5.41) is 47.6. The van der Waals surface area contributed by atoms with Gasteiger partial charge in [0.05, 0.1) is 0 Å². The smallest absolute Gasteiger partial charge is 0.220 e. The van der Waals surface area contributed by atoms with E-state index in [9.17, 15) is 30.0 Å². The molecule has 0 radical (unpaired) electrons. The lowest BCUT2D eigenvalue weighted by molar-refractivity contribution is -0.121. The number of aryl methyl sites for hydroxylation is 2. The van der Waals surface area contributed by atoms with Gasteiger partial charge in [-0.25, -0.2) is 0 Å². The van der Waals surface area contributed by atoms with E-state index in [2.05, 4.69) is 21.3 Å². The highest BCUT2D eigenvalue weighted by atomic mass is 35.5. The topological polar surface area (TPSA) is 163 Å². The Hall–Kier alpha value is -2.92. The number of hydrogen-bond donors (Lipinski definition) is 8. The Kier molecular flexibility index (Phi) is 13.6. The van der Waals surface area contributed by atoms with Crippen LogP contribution in [0, 0.1) is 0 Å². The standard InChI is InChI=1S/C28H42N4O6.2ClH/c33-23-9-5-21(19-25(23)35)7-11-27(37)31-17-3-15-29-13-1-2-14-30-16-4-18-32-28(38)12-8-22-6-10-24(34)26(36)20-22;;/h5-6,9-10,19-20,29-30,33-36H,1-4,7-8,11-18H2,(H,31,37)(H,32,38);2*1H/i1D2,2D2,13D2,14D2;;. The number of benzene rings is 2. The number of amides is 2. The van der Waals surface area contributed by atoms with Crippen LogP contribution in [0.4, 0.5) is 0 Å². The van der Waals surface area contributed by atoms with Crippen LogP contribution in [-0.2, 0) is 22.4 Å². The first kappa shape index (κ1) is 24.8. The average molecular weight is 612 g/mol. The third-order valence-corrected chi connectivity index (χ3v) is 5.33. The molecule has 226 valence electrons. The van der Waals surface area contributed by atoms with Crippen LogP contribution in [0.2, 0.25) is 0 Å². The van der Waals surface area contributed by atoms with E-state index in [1.54, 1.807) is 12.1 Å². The monoisotopic (exact) mass is 610 g/mol. The van der Waals surface area contributed by atoms with Crippen LogP contribution in [0.3, 0.4) is 0 Å². The zero-order chi connectivity index (χ0) is 34.8. The Morgan fingerprint density at radius 3 is 1.40 bits per heavy atom. The van der Waals surface area contributed by atoms with Crippen molar-refractivity contribution in [3.8, 4) is 23.0 Å². The van der Waals surface area contributed by atoms with Gasteiger partial charge >= 0.3 is 0 Å². The third kappa shape index (κ3) is 16.2. The van der Waals surface area contributed by atoms with Gasteiger partial charge in [0, 0.05) is 36.9 Å². The van der Waals surface area contributed by atoms with Crippen LogP contribution in [0.1, 0.15) is 60.5 Å². The predicted octanol–water partition coefficient (Wildman–Crippen LogP) is 2.89. The Bertz CT molecular complexity index is 1250. The molecule has 0 aliphatic heterocycles. The average Bonchev–Trinajstić information content (AvgIpc) is 2.97. The molecule has 40 heavy (non-hydrogen) atoms. The Labute approximate surface area is 260 Å². The van der Waals surface area contributed by atoms with Crippen LogP contribution in [0.15, 0.2) is 36.4 Å². The van der Waals surface area contributed by atoms with Gasteiger partial charge in [0.1, 0.15) is 0 Å². The van der Waals surface area contributed by atoms with Crippen molar-refractivity contribution in [3.63, 3.8) is 0 Å². The van der Waals surface area contributed by atoms with Crippen LogP contribution < -0.4 is 21.3 Å². The Morgan fingerprint density at radius 2 is 1.02 bits per heavy atom. The fourth-order valence-electron chi connectivity index (χ4n) is 3.23. The van der Waals surface area contributed by atoms with Crippen molar-refractivity contribution < 1.29 is 41.0 Å². The second-order valence-electron chi connectivity index (χ2n) is 8.41. The van der Waals surface area contributed by atoms with Gasteiger partial charge in [0.25, 0.3) is 0 Å². The van der Waals surface area contributed by atoms with Crippen molar-refractivity contribution in [2.75, 3.05) is 39.2 Å². The first-order valence-corrected chi connectivity index (χ1v) is 12.4. The van der Waals surface area contributed by atoms with Crippen LogP contribution >= 0.6 is 24.8 Å². The fourth-order valence-corrected chi connectivity index (χ4v) is 3.23. The summed E-state index contributed by atoms with van der Waals surface area (Å²) in [5.74, 6) is -1.78. The largest absolute Gasteiger partial charge is 0.504 e. The van der Waals surface area contributed by atoms with Gasteiger partial charge in [0.2, 0.25) is 11.8 Å². The molecule has 0 fully saturated rings. The lowest BCUT2D eigenvalue weighted by atomic mass is 10.1. The predicted molar refractivity (Wildman–Crippen MR) is 161 cm³/mol. The summed E-state index contributed by atoms with van der Waals surface area (Å²) in [6.45, 7) is -6.09. The number of phenolic OH excluding ortho intramolecular Hbond substituents is 4. The van der Waals surface area contributed by atoms with E-state index in [-0.39, 0.29) is 111 Å². The van der Waals surface area contributed by atoms with Crippen molar-refractivity contribution in [1.29, 1.82) is 0 Å². The van der Waals surface area contributed by atoms with Crippen LogP contribution in [-0.4, -0.2) is 71.4 Å². The third-order valence-electron chi connectivity index (χ3n) is 5.33. The number of carbonyl (C=O) groups excluding carboxylic acids is 2. The number of hydrogen-bond acceptors (Lipinski definition) is 8. The first-order chi connectivity index (χ1) is 21.3. The van der Waals surface area contributed by atoms with E-state index < -0.39 is 25.7 Å². The van der Waals surface area contributed by atoms with Gasteiger partial charge in [0.15, 0.2) is 23.0 Å². The number of aromatic hydroxyl groups is 4. The van der Waals surface area contributed by atoms with Crippen molar-refractivity contribution in [2.45, 2.75) is 51.3 Å². The molecule has 2 rings (SSSR count). The molecule has 10 nitrogen and oxygen atoms in total. The summed E-state index contributed by atoms with van der Waals surface area (Å²) >= 11 is 0. The van der Waals surface area contributed by atoms with Crippen molar-refractivity contribution in [1.82, 2.24) is 21.3 Å². The summed E-state index contributed by atoms with van der Waals surface area (Å²) in [6, 6.07) is 8.45. The van der Waals surface area contributed by atoms with E-state index in [1.165, 1.54) is 24.3 Å². The molecule has 2 aromatic carbocycles. The second kappa shape index (κ2) is 21.8. The lowest BCUT2D eigenvalue weighted by Crippen LogP contribution is -2.28. The van der Waals surface area contributed by atoms with Crippen molar-refractivity contribution in [2.24, 2.45) is 0 Å². The molecular weight excluding hydrogens is 559 g/mol. The highest BCUT2D eigenvalue weighted by Crippen LogP contribution is 2.26. The molecule has 0 aromatic heterocycles. The van der Waals surface area contributed by atoms with Crippen molar-refractivity contribution >= 4 is 36.6 Å². The van der Waals surface area contributed by atoms with E-state index in [0.717, 1.165) is 0 Å². The van der Waals surface area contributed by atoms with Gasteiger partial charge in [-0.2, -0.15) is 0 Å². The molecule has 2 aromatic rings. The molecule has 0 aliphatic rings. The summed E-state index contributed by atoms with van der Waals surface area (Å²) in [6.07, 6.45) is -5.61. The van der Waals surface area contributed by atoms with Crippen LogP contribution in [0.25, 0.3) is 0 Å². The van der Waals surface area contributed by atoms with Gasteiger partial charge < -0.3 is 41.7 Å². The number of nitrogens with one attached hydrogen (secondary N) is 4. The highest BCUT2D eigenvalue weighted by molar-refractivity contribution is 5.85. The maximum Gasteiger partial charge on any atom is 0.220 e. The Balaban J connectivity index is 0.0000110. The molecule has 0 spiro atoms. The molecule has 2 amide bonds. The number of rotatable bonds is 19. The van der Waals surface area contributed by atoms with E-state index in [0.29, 0.717) is 24.0 Å². The maximum absolute atomic E-state index is 12.1. The fraction of sp³-hybridized carbons (Fsp3) is 0.500. The minimum atomic E-state index is -3.35. The lowest BCUT2D eigenvalue weighted by Gasteiger charge is -2.08. The minimum Gasteiger partial charge on any atom is -0.504 e. The number of halogens is 2. The summed E-state index contributed by atoms with van der Waals surface area (Å²) < 4.78 is 65.4. The highest BCUT2D eigenvalue weighted by Gasteiger charge is 2.06. The zero-order valence-corrected chi connectivity index (χ0v) is 23.6. The zero-order valence-electron chi connectivity index (χ0n) is 30.0. The number of carbonyl (C=O) groups is 2. The molecule has 0 unspecified atom stereocenters. The van der Waals surface area contributed by atoms with E-state index >= 15 is 0 Å². The van der Waals surface area contributed by atoms with Gasteiger partial charge in [-0.1, -0.05) is 12.1 Å². The quantitative estimate of drug-likeness (QED) is 0.0888. The summed E-state index contributed by atoms with van der Waals surface area (Å²) in [5.41, 5.74) is 1.28. The van der Waals surface area contributed by atoms with Gasteiger partial charge in [-0.05, 0) is 99.9 Å². The van der Waals surface area contributed by atoms with E-state index in [4.69, 9.17) is 11.0 Å². The molecule has 0 saturated carbocycles. The normalized spacial score (nSPS) is 14.7. The molecule has 12 heteroatoms. The number of phenols is 4. The molecular formula is C28H44Cl2N4O6. The molecule has 0 saturated heterocycles. The summed E-state index contributed by atoms with van der Waals surface area (Å²) in [4.78, 5) is 24.2. The first-order valence-electron chi connectivity index (χ1n) is 16.4. The maximum atomic E-state index is 12.1.